The Morgan fingerprint density at radius 2 is 2.04 bits per heavy atom. The molecule has 26 heavy (non-hydrogen) atoms. The second-order valence-corrected chi connectivity index (χ2v) is 7.55. The highest BCUT2D eigenvalue weighted by Gasteiger charge is 2.34. The van der Waals surface area contributed by atoms with Gasteiger partial charge >= 0.3 is 0 Å². The molecule has 1 atom stereocenters. The normalized spacial score (nSPS) is 20.2. The van der Waals surface area contributed by atoms with Gasteiger partial charge in [0.1, 0.15) is 5.75 Å². The van der Waals surface area contributed by atoms with Gasteiger partial charge in [0.2, 0.25) is 11.8 Å². The second kappa shape index (κ2) is 8.56. The fraction of sp³-hybridized carbons (Fsp3) is 0.619. The van der Waals surface area contributed by atoms with Gasteiger partial charge in [-0.05, 0) is 37.7 Å². The molecule has 1 saturated carbocycles. The first-order chi connectivity index (χ1) is 12.6. The predicted molar refractivity (Wildman–Crippen MR) is 101 cm³/mol. The molecule has 1 aromatic carbocycles. The van der Waals surface area contributed by atoms with Crippen LogP contribution >= 0.6 is 0 Å². The molecule has 3 rings (SSSR count). The number of carbonyl (C=O) groups excluding carboxylic acids is 2. The minimum atomic E-state index is -0.0762. The molecule has 1 saturated heterocycles. The largest absolute Gasteiger partial charge is 0.496 e. The fourth-order valence-corrected chi connectivity index (χ4v) is 3.74. The van der Waals surface area contributed by atoms with E-state index in [2.05, 4.69) is 6.92 Å². The van der Waals surface area contributed by atoms with Crippen molar-refractivity contribution in [2.75, 3.05) is 26.7 Å². The molecule has 0 aromatic heterocycles. The molecule has 2 aliphatic rings. The number of carbonyl (C=O) groups is 2. The Morgan fingerprint density at radius 3 is 2.73 bits per heavy atom. The lowest BCUT2D eigenvalue weighted by Crippen LogP contribution is -2.47. The minimum Gasteiger partial charge on any atom is -0.496 e. The second-order valence-electron chi connectivity index (χ2n) is 7.55. The van der Waals surface area contributed by atoms with Crippen LogP contribution in [0.25, 0.3) is 0 Å². The van der Waals surface area contributed by atoms with Crippen molar-refractivity contribution in [3.05, 3.63) is 29.8 Å². The van der Waals surface area contributed by atoms with Crippen LogP contribution in [0.2, 0.25) is 0 Å². The van der Waals surface area contributed by atoms with Crippen LogP contribution in [-0.2, 0) is 16.1 Å². The smallest absolute Gasteiger partial charge is 0.227 e. The summed E-state index contributed by atoms with van der Waals surface area (Å²) in [7, 11) is 1.64. The summed E-state index contributed by atoms with van der Waals surface area (Å²) in [6.07, 6.45) is 4.60. The van der Waals surface area contributed by atoms with Crippen LogP contribution in [-0.4, -0.2) is 48.4 Å². The highest BCUT2D eigenvalue weighted by Crippen LogP contribution is 2.31. The molecule has 0 radical (unpaired) electrons. The monoisotopic (exact) mass is 358 g/mol. The summed E-state index contributed by atoms with van der Waals surface area (Å²) in [5.74, 6) is 1.77. The lowest BCUT2D eigenvalue weighted by Gasteiger charge is -2.35. The van der Waals surface area contributed by atoms with E-state index in [1.807, 2.05) is 34.1 Å². The molecule has 0 unspecified atom stereocenters. The van der Waals surface area contributed by atoms with Crippen LogP contribution in [0.5, 0.6) is 5.75 Å². The van der Waals surface area contributed by atoms with E-state index in [1.54, 1.807) is 7.11 Å². The molecule has 1 aliphatic heterocycles. The SMILES string of the molecule is CCCN(CC1CC1)C(=O)[C@@H]1CCC(=O)N(Cc2ccccc2OC)C1. The molecule has 1 heterocycles. The summed E-state index contributed by atoms with van der Waals surface area (Å²) < 4.78 is 5.40. The van der Waals surface area contributed by atoms with Gasteiger partial charge in [-0.2, -0.15) is 0 Å². The number of methoxy groups -OCH3 is 1. The molecular weight excluding hydrogens is 328 g/mol. The first kappa shape index (κ1) is 18.7. The van der Waals surface area contributed by atoms with E-state index in [9.17, 15) is 9.59 Å². The minimum absolute atomic E-state index is 0.0762. The molecule has 1 aliphatic carbocycles. The van der Waals surface area contributed by atoms with Crippen LogP contribution in [0.1, 0.15) is 44.6 Å². The maximum Gasteiger partial charge on any atom is 0.227 e. The van der Waals surface area contributed by atoms with E-state index in [0.29, 0.717) is 31.8 Å². The molecule has 0 bridgehead atoms. The molecular formula is C21H30N2O3. The Hall–Kier alpha value is -2.04. The lowest BCUT2D eigenvalue weighted by atomic mass is 9.95. The van der Waals surface area contributed by atoms with Gasteiger partial charge in [0, 0.05) is 38.2 Å². The van der Waals surface area contributed by atoms with E-state index in [4.69, 9.17) is 4.74 Å². The van der Waals surface area contributed by atoms with Gasteiger partial charge in [-0.3, -0.25) is 9.59 Å². The summed E-state index contributed by atoms with van der Waals surface area (Å²) in [6, 6.07) is 7.76. The zero-order valence-corrected chi connectivity index (χ0v) is 15.9. The molecule has 5 nitrogen and oxygen atoms in total. The summed E-state index contributed by atoms with van der Waals surface area (Å²) in [6.45, 7) is 4.85. The number of hydrogen-bond donors (Lipinski definition) is 0. The molecule has 0 spiro atoms. The van der Waals surface area contributed by atoms with Crippen LogP contribution in [0, 0.1) is 11.8 Å². The summed E-state index contributed by atoms with van der Waals surface area (Å²) in [4.78, 5) is 29.3. The van der Waals surface area contributed by atoms with E-state index >= 15 is 0 Å². The molecule has 2 fully saturated rings. The fourth-order valence-electron chi connectivity index (χ4n) is 3.74. The Morgan fingerprint density at radius 1 is 1.27 bits per heavy atom. The number of hydrogen-bond acceptors (Lipinski definition) is 3. The van der Waals surface area contributed by atoms with Crippen molar-refractivity contribution >= 4 is 11.8 Å². The number of likely N-dealkylation sites (tertiary alicyclic amines) is 1. The molecule has 2 amide bonds. The Balaban J connectivity index is 1.66. The standard InChI is InChI=1S/C21H30N2O3/c1-3-12-22(13-16-8-9-16)21(25)18-10-11-20(24)23(15-18)14-17-6-4-5-7-19(17)26-2/h4-7,16,18H,3,8-15H2,1-2H3/t18-/m1/s1. The van der Waals surface area contributed by atoms with Crippen LogP contribution in [0.3, 0.4) is 0 Å². The highest BCUT2D eigenvalue weighted by atomic mass is 16.5. The summed E-state index contributed by atoms with van der Waals surface area (Å²) >= 11 is 0. The van der Waals surface area contributed by atoms with Crippen molar-refractivity contribution in [2.24, 2.45) is 11.8 Å². The van der Waals surface area contributed by atoms with E-state index in [0.717, 1.165) is 30.8 Å². The van der Waals surface area contributed by atoms with Crippen LogP contribution in [0.4, 0.5) is 0 Å². The molecule has 5 heteroatoms. The summed E-state index contributed by atoms with van der Waals surface area (Å²) in [5.41, 5.74) is 0.986. The van der Waals surface area contributed by atoms with E-state index < -0.39 is 0 Å². The van der Waals surface area contributed by atoms with Gasteiger partial charge in [-0.1, -0.05) is 25.1 Å². The van der Waals surface area contributed by atoms with Crippen molar-refractivity contribution < 1.29 is 14.3 Å². The zero-order valence-electron chi connectivity index (χ0n) is 15.9. The van der Waals surface area contributed by atoms with Crippen molar-refractivity contribution in [3.8, 4) is 5.75 Å². The van der Waals surface area contributed by atoms with E-state index in [1.165, 1.54) is 12.8 Å². The van der Waals surface area contributed by atoms with Gasteiger partial charge < -0.3 is 14.5 Å². The third-order valence-electron chi connectivity index (χ3n) is 5.38. The van der Waals surface area contributed by atoms with Crippen molar-refractivity contribution in [2.45, 2.75) is 45.6 Å². The lowest BCUT2D eigenvalue weighted by molar-refractivity contribution is -0.143. The Labute approximate surface area is 156 Å². The molecule has 1 aromatic rings. The third-order valence-corrected chi connectivity index (χ3v) is 5.38. The van der Waals surface area contributed by atoms with Gasteiger partial charge in [-0.25, -0.2) is 0 Å². The number of para-hydroxylation sites is 1. The number of benzene rings is 1. The van der Waals surface area contributed by atoms with Crippen molar-refractivity contribution in [3.63, 3.8) is 0 Å². The van der Waals surface area contributed by atoms with Crippen molar-refractivity contribution in [1.82, 2.24) is 9.80 Å². The Kier molecular flexibility index (Phi) is 6.17. The number of rotatable bonds is 8. The maximum atomic E-state index is 13.0. The van der Waals surface area contributed by atoms with Gasteiger partial charge in [0.25, 0.3) is 0 Å². The van der Waals surface area contributed by atoms with Gasteiger partial charge in [-0.15, -0.1) is 0 Å². The summed E-state index contributed by atoms with van der Waals surface area (Å²) in [5, 5.41) is 0. The average Bonchev–Trinajstić information content (AvgIpc) is 3.47. The van der Waals surface area contributed by atoms with Crippen LogP contribution < -0.4 is 4.74 Å². The number of nitrogens with zero attached hydrogens (tertiary/aromatic N) is 2. The predicted octanol–water partition coefficient (Wildman–Crippen LogP) is 3.08. The number of ether oxygens (including phenoxy) is 1. The third kappa shape index (κ3) is 4.57. The quantitative estimate of drug-likeness (QED) is 0.717. The van der Waals surface area contributed by atoms with Gasteiger partial charge in [0.15, 0.2) is 0 Å². The van der Waals surface area contributed by atoms with Crippen LogP contribution in [0.15, 0.2) is 24.3 Å². The molecule has 142 valence electrons. The average molecular weight is 358 g/mol. The number of piperidine rings is 1. The van der Waals surface area contributed by atoms with Gasteiger partial charge in [0.05, 0.1) is 13.0 Å². The Bertz CT molecular complexity index is 642. The zero-order chi connectivity index (χ0) is 18.5. The molecule has 0 N–H and O–H groups in total. The first-order valence-corrected chi connectivity index (χ1v) is 9.80. The first-order valence-electron chi connectivity index (χ1n) is 9.80. The number of amides is 2. The topological polar surface area (TPSA) is 49.9 Å². The van der Waals surface area contributed by atoms with E-state index in [-0.39, 0.29) is 17.7 Å². The van der Waals surface area contributed by atoms with Crippen molar-refractivity contribution in [1.29, 1.82) is 0 Å². The maximum absolute atomic E-state index is 13.0. The highest BCUT2D eigenvalue weighted by molar-refractivity contribution is 5.84.